The monoisotopic (exact) mass is 268 g/mol. The first-order chi connectivity index (χ1) is 9.07. The van der Waals surface area contributed by atoms with E-state index in [1.54, 1.807) is 0 Å². The molecule has 0 bridgehead atoms. The Morgan fingerprint density at radius 2 is 1.89 bits per heavy atom. The van der Waals surface area contributed by atoms with Gasteiger partial charge in [0.2, 0.25) is 0 Å². The highest BCUT2D eigenvalue weighted by atomic mass is 16.3. The number of likely N-dealkylation sites (tertiary alicyclic amines) is 1. The van der Waals surface area contributed by atoms with Crippen LogP contribution in [0.2, 0.25) is 0 Å². The third-order valence-electron chi connectivity index (χ3n) is 5.21. The summed E-state index contributed by atoms with van der Waals surface area (Å²) in [6, 6.07) is 0. The number of aliphatic hydroxyl groups excluding tert-OH is 1. The molecule has 0 spiro atoms. The molecule has 1 aliphatic carbocycles. The standard InChI is InChI=1S/C16H32N2O/c1-16(7-9-18(2)10-8-16)13-17-12-15(19)11-14-5-3-4-6-14/h14-15,17,19H,3-13H2,1-2H3. The second-order valence-corrected chi connectivity index (χ2v) is 7.28. The summed E-state index contributed by atoms with van der Waals surface area (Å²) in [5, 5.41) is 13.6. The van der Waals surface area contributed by atoms with Gasteiger partial charge in [-0.05, 0) is 50.7 Å². The van der Waals surface area contributed by atoms with Crippen molar-refractivity contribution in [2.24, 2.45) is 11.3 Å². The lowest BCUT2D eigenvalue weighted by molar-refractivity contribution is 0.114. The van der Waals surface area contributed by atoms with Gasteiger partial charge in [0.05, 0.1) is 6.10 Å². The lowest BCUT2D eigenvalue weighted by Gasteiger charge is -2.38. The van der Waals surface area contributed by atoms with E-state index in [1.165, 1.54) is 51.6 Å². The van der Waals surface area contributed by atoms with Crippen LogP contribution in [0.1, 0.15) is 51.9 Å². The van der Waals surface area contributed by atoms with Crippen molar-refractivity contribution in [1.82, 2.24) is 10.2 Å². The SMILES string of the molecule is CN1CCC(C)(CNCC(O)CC2CCCC2)CC1. The second-order valence-electron chi connectivity index (χ2n) is 7.28. The number of hydrogen-bond acceptors (Lipinski definition) is 3. The van der Waals surface area contributed by atoms with Gasteiger partial charge in [-0.2, -0.15) is 0 Å². The molecule has 2 rings (SSSR count). The maximum Gasteiger partial charge on any atom is 0.0667 e. The van der Waals surface area contributed by atoms with Crippen LogP contribution in [0, 0.1) is 11.3 Å². The van der Waals surface area contributed by atoms with Crippen LogP contribution in [-0.4, -0.2) is 49.3 Å². The number of nitrogens with zero attached hydrogens (tertiary/aromatic N) is 1. The molecule has 3 nitrogen and oxygen atoms in total. The number of piperidine rings is 1. The first-order valence-electron chi connectivity index (χ1n) is 8.15. The fraction of sp³-hybridized carbons (Fsp3) is 1.00. The number of hydrogen-bond donors (Lipinski definition) is 2. The molecule has 1 aliphatic heterocycles. The van der Waals surface area contributed by atoms with Crippen LogP contribution in [0.5, 0.6) is 0 Å². The minimum absolute atomic E-state index is 0.141. The highest BCUT2D eigenvalue weighted by Gasteiger charge is 2.28. The Morgan fingerprint density at radius 1 is 1.26 bits per heavy atom. The van der Waals surface area contributed by atoms with Crippen molar-refractivity contribution in [3.05, 3.63) is 0 Å². The van der Waals surface area contributed by atoms with E-state index in [9.17, 15) is 5.11 Å². The highest BCUT2D eigenvalue weighted by molar-refractivity contribution is 4.83. The minimum Gasteiger partial charge on any atom is -0.392 e. The van der Waals surface area contributed by atoms with Crippen LogP contribution in [0.15, 0.2) is 0 Å². The average Bonchev–Trinajstić information content (AvgIpc) is 2.86. The maximum atomic E-state index is 10.1. The summed E-state index contributed by atoms with van der Waals surface area (Å²) in [5.74, 6) is 0.788. The zero-order valence-electron chi connectivity index (χ0n) is 12.8. The minimum atomic E-state index is -0.141. The van der Waals surface area contributed by atoms with Crippen molar-refractivity contribution in [1.29, 1.82) is 0 Å². The van der Waals surface area contributed by atoms with Gasteiger partial charge in [-0.15, -0.1) is 0 Å². The van der Waals surface area contributed by atoms with Crippen molar-refractivity contribution in [2.75, 3.05) is 33.2 Å². The Kier molecular flexibility index (Phi) is 5.67. The first kappa shape index (κ1) is 15.3. The molecule has 0 aromatic carbocycles. The van der Waals surface area contributed by atoms with Crippen molar-refractivity contribution >= 4 is 0 Å². The average molecular weight is 268 g/mol. The van der Waals surface area contributed by atoms with Gasteiger partial charge < -0.3 is 15.3 Å². The third kappa shape index (κ3) is 5.05. The Balaban J connectivity index is 1.59. The van der Waals surface area contributed by atoms with Crippen molar-refractivity contribution in [3.8, 4) is 0 Å². The molecule has 3 heteroatoms. The lowest BCUT2D eigenvalue weighted by Crippen LogP contribution is -2.43. The van der Waals surface area contributed by atoms with Crippen LogP contribution in [0.3, 0.4) is 0 Å². The molecule has 1 heterocycles. The molecular weight excluding hydrogens is 236 g/mol. The Hall–Kier alpha value is -0.120. The summed E-state index contributed by atoms with van der Waals surface area (Å²) < 4.78 is 0. The molecule has 112 valence electrons. The van der Waals surface area contributed by atoms with E-state index in [-0.39, 0.29) is 6.10 Å². The quantitative estimate of drug-likeness (QED) is 0.775. The van der Waals surface area contributed by atoms with Crippen LogP contribution < -0.4 is 5.32 Å². The largest absolute Gasteiger partial charge is 0.392 e. The van der Waals surface area contributed by atoms with E-state index in [0.717, 1.165) is 25.4 Å². The zero-order valence-corrected chi connectivity index (χ0v) is 12.8. The molecular formula is C16H32N2O. The van der Waals surface area contributed by atoms with Crippen molar-refractivity contribution in [3.63, 3.8) is 0 Å². The second kappa shape index (κ2) is 7.05. The fourth-order valence-corrected chi connectivity index (χ4v) is 3.59. The first-order valence-corrected chi connectivity index (χ1v) is 8.15. The van der Waals surface area contributed by atoms with Crippen LogP contribution in [0.4, 0.5) is 0 Å². The van der Waals surface area contributed by atoms with Gasteiger partial charge in [0.1, 0.15) is 0 Å². The van der Waals surface area contributed by atoms with Gasteiger partial charge in [0, 0.05) is 13.1 Å². The molecule has 19 heavy (non-hydrogen) atoms. The molecule has 1 unspecified atom stereocenters. The lowest BCUT2D eigenvalue weighted by atomic mass is 9.80. The van der Waals surface area contributed by atoms with Crippen LogP contribution in [0.25, 0.3) is 0 Å². The van der Waals surface area contributed by atoms with Crippen molar-refractivity contribution in [2.45, 2.75) is 58.0 Å². The van der Waals surface area contributed by atoms with Gasteiger partial charge in [-0.25, -0.2) is 0 Å². The smallest absolute Gasteiger partial charge is 0.0667 e. The fourth-order valence-electron chi connectivity index (χ4n) is 3.59. The van der Waals surface area contributed by atoms with E-state index in [0.29, 0.717) is 5.41 Å². The van der Waals surface area contributed by atoms with E-state index in [4.69, 9.17) is 0 Å². The molecule has 0 aromatic rings. The van der Waals surface area contributed by atoms with E-state index in [2.05, 4.69) is 24.2 Å². The van der Waals surface area contributed by atoms with E-state index < -0.39 is 0 Å². The van der Waals surface area contributed by atoms with Crippen molar-refractivity contribution < 1.29 is 5.11 Å². The molecule has 0 amide bonds. The summed E-state index contributed by atoms with van der Waals surface area (Å²) >= 11 is 0. The van der Waals surface area contributed by atoms with Gasteiger partial charge >= 0.3 is 0 Å². The summed E-state index contributed by atoms with van der Waals surface area (Å²) in [6.45, 7) is 6.65. The molecule has 2 N–H and O–H groups in total. The summed E-state index contributed by atoms with van der Waals surface area (Å²) in [5.41, 5.74) is 0.430. The molecule has 1 saturated carbocycles. The Labute approximate surface area is 118 Å². The molecule has 2 fully saturated rings. The van der Waals surface area contributed by atoms with Gasteiger partial charge in [0.25, 0.3) is 0 Å². The number of rotatable bonds is 6. The normalized spacial score (nSPS) is 26.7. The topological polar surface area (TPSA) is 35.5 Å². The van der Waals surface area contributed by atoms with Crippen LogP contribution in [-0.2, 0) is 0 Å². The zero-order chi connectivity index (χ0) is 13.7. The number of nitrogens with one attached hydrogen (secondary N) is 1. The summed E-state index contributed by atoms with van der Waals surface area (Å²) in [7, 11) is 2.21. The third-order valence-corrected chi connectivity index (χ3v) is 5.21. The predicted octanol–water partition coefficient (Wildman–Crippen LogP) is 2.25. The Bertz CT molecular complexity index is 255. The molecule has 0 radical (unpaired) electrons. The van der Waals surface area contributed by atoms with Gasteiger partial charge in [-0.1, -0.05) is 32.6 Å². The number of aliphatic hydroxyl groups is 1. The van der Waals surface area contributed by atoms with Crippen LogP contribution >= 0.6 is 0 Å². The maximum absolute atomic E-state index is 10.1. The summed E-state index contributed by atoms with van der Waals surface area (Å²) in [4.78, 5) is 2.41. The van der Waals surface area contributed by atoms with Gasteiger partial charge in [-0.3, -0.25) is 0 Å². The highest BCUT2D eigenvalue weighted by Crippen LogP contribution is 2.30. The predicted molar refractivity (Wildman–Crippen MR) is 80.3 cm³/mol. The molecule has 2 aliphatic rings. The van der Waals surface area contributed by atoms with E-state index >= 15 is 0 Å². The Morgan fingerprint density at radius 3 is 2.53 bits per heavy atom. The summed E-state index contributed by atoms with van der Waals surface area (Å²) in [6.07, 6.45) is 8.82. The molecule has 1 atom stereocenters. The van der Waals surface area contributed by atoms with Gasteiger partial charge in [0.15, 0.2) is 0 Å². The van der Waals surface area contributed by atoms with E-state index in [1.807, 2.05) is 0 Å². The molecule has 1 saturated heterocycles. The molecule has 0 aromatic heterocycles.